The van der Waals surface area contributed by atoms with Crippen LogP contribution < -0.4 is 5.32 Å². The summed E-state index contributed by atoms with van der Waals surface area (Å²) in [5.41, 5.74) is 5.78. The van der Waals surface area contributed by atoms with Crippen molar-refractivity contribution in [1.29, 1.82) is 0 Å². The zero-order valence-electron chi connectivity index (χ0n) is 17.1. The molecule has 2 heterocycles. The van der Waals surface area contributed by atoms with Crippen LogP contribution in [0.1, 0.15) is 52.3 Å². The summed E-state index contributed by atoms with van der Waals surface area (Å²) < 4.78 is 2.25. The van der Waals surface area contributed by atoms with E-state index >= 15 is 0 Å². The maximum atomic E-state index is 4.99. The number of fused-ring (bicyclic) bond motifs is 1. The number of aromatic nitrogens is 2. The molecule has 3 aromatic rings. The van der Waals surface area contributed by atoms with Gasteiger partial charge in [0.25, 0.3) is 0 Å². The molecule has 0 aliphatic carbocycles. The minimum absolute atomic E-state index is 0.0466. The summed E-state index contributed by atoms with van der Waals surface area (Å²) in [4.78, 5) is 4.99. The van der Waals surface area contributed by atoms with Gasteiger partial charge in [-0.15, -0.1) is 0 Å². The molecular weight excluding hydrogens is 318 g/mol. The van der Waals surface area contributed by atoms with E-state index in [-0.39, 0.29) is 11.0 Å². The molecule has 0 saturated carbocycles. The first-order valence-electron chi connectivity index (χ1n) is 9.39. The number of hydrogen-bond acceptors (Lipinski definition) is 2. The Labute approximate surface area is 157 Å². The second kappa shape index (κ2) is 6.46. The van der Waals surface area contributed by atoms with Gasteiger partial charge in [0.05, 0.1) is 0 Å². The van der Waals surface area contributed by atoms with E-state index in [1.807, 2.05) is 6.07 Å². The predicted octanol–water partition coefficient (Wildman–Crippen LogP) is 6.24. The normalized spacial score (nSPS) is 12.6. The fraction of sp³-hybridized carbons (Fsp3) is 0.435. The molecule has 0 spiro atoms. The average Bonchev–Trinajstić information content (AvgIpc) is 2.83. The predicted molar refractivity (Wildman–Crippen MR) is 112 cm³/mol. The largest absolute Gasteiger partial charge is 0.364 e. The molecule has 0 bridgehead atoms. The number of benzene rings is 1. The van der Waals surface area contributed by atoms with Gasteiger partial charge >= 0.3 is 0 Å². The van der Waals surface area contributed by atoms with Crippen LogP contribution in [-0.4, -0.2) is 14.9 Å². The smallest absolute Gasteiger partial charge is 0.139 e. The first-order valence-corrected chi connectivity index (χ1v) is 9.39. The molecule has 1 aromatic carbocycles. The third-order valence-corrected chi connectivity index (χ3v) is 4.53. The lowest BCUT2D eigenvalue weighted by atomic mass is 9.82. The van der Waals surface area contributed by atoms with E-state index < -0.39 is 0 Å². The van der Waals surface area contributed by atoms with Crippen molar-refractivity contribution in [2.45, 2.75) is 60.4 Å². The van der Waals surface area contributed by atoms with Crippen LogP contribution in [0.3, 0.4) is 0 Å². The number of anilines is 1. The van der Waals surface area contributed by atoms with E-state index in [0.29, 0.717) is 0 Å². The molecular formula is C23H31N3. The minimum atomic E-state index is -0.0466. The maximum Gasteiger partial charge on any atom is 0.139 e. The van der Waals surface area contributed by atoms with Gasteiger partial charge in [-0.05, 0) is 57.2 Å². The summed E-state index contributed by atoms with van der Waals surface area (Å²) in [6, 6.07) is 14.8. The van der Waals surface area contributed by atoms with Gasteiger partial charge in [-0.2, -0.15) is 0 Å². The Morgan fingerprint density at radius 2 is 1.62 bits per heavy atom. The van der Waals surface area contributed by atoms with Crippen molar-refractivity contribution >= 4 is 11.5 Å². The molecule has 138 valence electrons. The van der Waals surface area contributed by atoms with Crippen molar-refractivity contribution < 1.29 is 0 Å². The maximum absolute atomic E-state index is 4.99. The van der Waals surface area contributed by atoms with Crippen LogP contribution >= 0.6 is 0 Å². The van der Waals surface area contributed by atoms with Crippen molar-refractivity contribution in [3.05, 3.63) is 53.7 Å². The molecule has 3 nitrogen and oxygen atoms in total. The Balaban J connectivity index is 2.18. The number of rotatable bonds is 4. The monoisotopic (exact) mass is 349 g/mol. The first kappa shape index (κ1) is 18.5. The van der Waals surface area contributed by atoms with Gasteiger partial charge in [-0.1, -0.05) is 51.1 Å². The molecule has 0 fully saturated rings. The molecule has 0 aliphatic rings. The van der Waals surface area contributed by atoms with Crippen LogP contribution in [0.2, 0.25) is 0 Å². The first-order chi connectivity index (χ1) is 12.1. The highest BCUT2D eigenvalue weighted by molar-refractivity contribution is 5.77. The van der Waals surface area contributed by atoms with E-state index in [1.165, 1.54) is 11.3 Å². The van der Waals surface area contributed by atoms with Crippen LogP contribution in [0.25, 0.3) is 16.9 Å². The standard InChI is InChI=1S/C23H31N3/c1-16-13-17(2)26-19(14-16)24-20(18-11-9-8-10-12-18)21(26)25-23(6,7)15-22(3,4)5/h8-14,25H,15H2,1-7H3. The Morgan fingerprint density at radius 3 is 2.23 bits per heavy atom. The van der Waals surface area contributed by atoms with Crippen molar-refractivity contribution in [3.63, 3.8) is 0 Å². The molecule has 0 radical (unpaired) electrons. The summed E-state index contributed by atoms with van der Waals surface area (Å²) in [5, 5.41) is 3.83. The Morgan fingerprint density at radius 1 is 0.962 bits per heavy atom. The van der Waals surface area contributed by atoms with E-state index in [1.54, 1.807) is 0 Å². The lowest BCUT2D eigenvalue weighted by Gasteiger charge is -2.34. The Kier molecular flexibility index (Phi) is 4.60. The Bertz CT molecular complexity index is 912. The van der Waals surface area contributed by atoms with Crippen molar-refractivity contribution in [2.24, 2.45) is 5.41 Å². The Hall–Kier alpha value is -2.29. The summed E-state index contributed by atoms with van der Waals surface area (Å²) in [7, 11) is 0. The van der Waals surface area contributed by atoms with Crippen molar-refractivity contribution in [1.82, 2.24) is 9.38 Å². The summed E-state index contributed by atoms with van der Waals surface area (Å²) >= 11 is 0. The molecule has 3 heteroatoms. The summed E-state index contributed by atoms with van der Waals surface area (Å²) in [6.07, 6.45) is 1.06. The van der Waals surface area contributed by atoms with Crippen LogP contribution in [0.15, 0.2) is 42.5 Å². The fourth-order valence-electron chi connectivity index (χ4n) is 4.13. The van der Waals surface area contributed by atoms with Gasteiger partial charge in [0.15, 0.2) is 0 Å². The molecule has 1 N–H and O–H groups in total. The number of aryl methyl sites for hydroxylation is 2. The van der Waals surface area contributed by atoms with Crippen LogP contribution in [0, 0.1) is 19.3 Å². The molecule has 0 unspecified atom stereocenters. The lowest BCUT2D eigenvalue weighted by Crippen LogP contribution is -2.36. The number of nitrogens with zero attached hydrogens (tertiary/aromatic N) is 2. The van der Waals surface area contributed by atoms with Gasteiger partial charge in [-0.3, -0.25) is 4.40 Å². The molecule has 0 saturated heterocycles. The number of imidazole rings is 1. The van der Waals surface area contributed by atoms with Gasteiger partial charge in [0.1, 0.15) is 17.2 Å². The highest BCUT2D eigenvalue weighted by atomic mass is 15.2. The van der Waals surface area contributed by atoms with E-state index in [2.05, 4.69) is 94.6 Å². The van der Waals surface area contributed by atoms with E-state index in [4.69, 9.17) is 4.98 Å². The molecule has 0 atom stereocenters. The van der Waals surface area contributed by atoms with Crippen molar-refractivity contribution in [2.75, 3.05) is 5.32 Å². The second-order valence-corrected chi connectivity index (χ2v) is 9.29. The molecule has 2 aromatic heterocycles. The van der Waals surface area contributed by atoms with Gasteiger partial charge in [0.2, 0.25) is 0 Å². The quantitative estimate of drug-likeness (QED) is 0.603. The van der Waals surface area contributed by atoms with Crippen LogP contribution in [0.4, 0.5) is 5.82 Å². The lowest BCUT2D eigenvalue weighted by molar-refractivity contribution is 0.302. The van der Waals surface area contributed by atoms with Crippen LogP contribution in [-0.2, 0) is 0 Å². The topological polar surface area (TPSA) is 29.3 Å². The number of hydrogen-bond donors (Lipinski definition) is 1. The third-order valence-electron chi connectivity index (χ3n) is 4.53. The summed E-state index contributed by atoms with van der Waals surface area (Å²) in [5.74, 6) is 1.08. The fourth-order valence-corrected chi connectivity index (χ4v) is 4.13. The zero-order chi connectivity index (χ0) is 19.1. The minimum Gasteiger partial charge on any atom is -0.364 e. The SMILES string of the molecule is Cc1cc(C)n2c(NC(C)(C)CC(C)(C)C)c(-c3ccccc3)nc2c1. The highest BCUT2D eigenvalue weighted by Crippen LogP contribution is 2.35. The van der Waals surface area contributed by atoms with Gasteiger partial charge in [-0.25, -0.2) is 4.98 Å². The third kappa shape index (κ3) is 3.92. The zero-order valence-corrected chi connectivity index (χ0v) is 17.1. The molecule has 0 aliphatic heterocycles. The second-order valence-electron chi connectivity index (χ2n) is 9.29. The van der Waals surface area contributed by atoms with Gasteiger partial charge in [0, 0.05) is 16.8 Å². The number of nitrogens with one attached hydrogen (secondary N) is 1. The summed E-state index contributed by atoms with van der Waals surface area (Å²) in [6.45, 7) is 15.7. The van der Waals surface area contributed by atoms with E-state index in [0.717, 1.165) is 29.1 Å². The average molecular weight is 350 g/mol. The number of pyridine rings is 1. The van der Waals surface area contributed by atoms with Gasteiger partial charge < -0.3 is 5.32 Å². The molecule has 3 rings (SSSR count). The molecule has 0 amide bonds. The highest BCUT2D eigenvalue weighted by Gasteiger charge is 2.28. The molecule has 26 heavy (non-hydrogen) atoms. The van der Waals surface area contributed by atoms with Crippen LogP contribution in [0.5, 0.6) is 0 Å². The van der Waals surface area contributed by atoms with Crippen molar-refractivity contribution in [3.8, 4) is 11.3 Å². The van der Waals surface area contributed by atoms with E-state index in [9.17, 15) is 0 Å².